The SMILES string of the molecule is O=C(CC1(O)CCCCC1)NCc1ccc(F)cc1. The fourth-order valence-electron chi connectivity index (χ4n) is 2.55. The topological polar surface area (TPSA) is 49.3 Å². The molecule has 1 aliphatic carbocycles. The summed E-state index contributed by atoms with van der Waals surface area (Å²) >= 11 is 0. The van der Waals surface area contributed by atoms with Gasteiger partial charge in [0, 0.05) is 6.54 Å². The van der Waals surface area contributed by atoms with Crippen LogP contribution in [0.15, 0.2) is 24.3 Å². The van der Waals surface area contributed by atoms with Crippen LogP contribution in [-0.2, 0) is 11.3 Å². The number of rotatable bonds is 4. The highest BCUT2D eigenvalue weighted by molar-refractivity contribution is 5.77. The van der Waals surface area contributed by atoms with E-state index in [0.29, 0.717) is 19.4 Å². The Bertz CT molecular complexity index is 424. The first-order chi connectivity index (χ1) is 9.07. The smallest absolute Gasteiger partial charge is 0.223 e. The lowest BCUT2D eigenvalue weighted by molar-refractivity contribution is -0.127. The van der Waals surface area contributed by atoms with E-state index in [2.05, 4.69) is 5.32 Å². The molecule has 1 aromatic carbocycles. The van der Waals surface area contributed by atoms with Gasteiger partial charge < -0.3 is 10.4 Å². The lowest BCUT2D eigenvalue weighted by Gasteiger charge is -2.31. The van der Waals surface area contributed by atoms with Gasteiger partial charge in [-0.05, 0) is 30.5 Å². The Morgan fingerprint density at radius 1 is 1.21 bits per heavy atom. The number of carbonyl (C=O) groups excluding carboxylic acids is 1. The maximum absolute atomic E-state index is 12.7. The van der Waals surface area contributed by atoms with Crippen LogP contribution in [0.1, 0.15) is 44.1 Å². The molecule has 0 heterocycles. The van der Waals surface area contributed by atoms with E-state index in [1.807, 2.05) is 0 Å². The number of carbonyl (C=O) groups is 1. The summed E-state index contributed by atoms with van der Waals surface area (Å²) in [7, 11) is 0. The maximum Gasteiger partial charge on any atom is 0.223 e. The lowest BCUT2D eigenvalue weighted by atomic mass is 9.82. The minimum Gasteiger partial charge on any atom is -0.389 e. The minimum atomic E-state index is -0.828. The number of amides is 1. The minimum absolute atomic E-state index is 0.145. The number of halogens is 1. The highest BCUT2D eigenvalue weighted by atomic mass is 19.1. The number of nitrogens with one attached hydrogen (secondary N) is 1. The first-order valence-electron chi connectivity index (χ1n) is 6.81. The zero-order valence-electron chi connectivity index (χ0n) is 11.0. The van der Waals surface area contributed by atoms with Gasteiger partial charge in [0.05, 0.1) is 12.0 Å². The Morgan fingerprint density at radius 3 is 2.47 bits per heavy atom. The summed E-state index contributed by atoms with van der Waals surface area (Å²) in [6, 6.07) is 6.03. The molecule has 1 saturated carbocycles. The molecule has 0 atom stereocenters. The number of aliphatic hydroxyl groups is 1. The molecule has 2 N–H and O–H groups in total. The molecular formula is C15H20FNO2. The highest BCUT2D eigenvalue weighted by Gasteiger charge is 2.31. The van der Waals surface area contributed by atoms with Gasteiger partial charge >= 0.3 is 0 Å². The molecule has 0 bridgehead atoms. The third-order valence-corrected chi connectivity index (χ3v) is 3.68. The van der Waals surface area contributed by atoms with Crippen molar-refractivity contribution in [3.63, 3.8) is 0 Å². The summed E-state index contributed by atoms with van der Waals surface area (Å²) in [5.74, 6) is -0.430. The monoisotopic (exact) mass is 265 g/mol. The van der Waals surface area contributed by atoms with E-state index in [1.54, 1.807) is 12.1 Å². The summed E-state index contributed by atoms with van der Waals surface area (Å²) in [5.41, 5.74) is 0.0240. The molecule has 0 aliphatic heterocycles. The average Bonchev–Trinajstić information content (AvgIpc) is 2.38. The maximum atomic E-state index is 12.7. The van der Waals surface area contributed by atoms with Gasteiger partial charge in [0.1, 0.15) is 5.82 Å². The van der Waals surface area contributed by atoms with E-state index in [0.717, 1.165) is 24.8 Å². The molecule has 1 fully saturated rings. The van der Waals surface area contributed by atoms with Crippen LogP contribution in [0.25, 0.3) is 0 Å². The van der Waals surface area contributed by atoms with E-state index < -0.39 is 5.60 Å². The zero-order chi connectivity index (χ0) is 13.7. The Labute approximate surface area is 112 Å². The zero-order valence-corrected chi connectivity index (χ0v) is 11.0. The van der Waals surface area contributed by atoms with Gasteiger partial charge in [-0.3, -0.25) is 4.79 Å². The summed E-state index contributed by atoms with van der Waals surface area (Å²) in [6.45, 7) is 0.370. The first-order valence-corrected chi connectivity index (χ1v) is 6.81. The molecule has 1 amide bonds. The predicted molar refractivity (Wildman–Crippen MR) is 70.9 cm³/mol. The third-order valence-electron chi connectivity index (χ3n) is 3.68. The van der Waals surface area contributed by atoms with Gasteiger partial charge in [-0.25, -0.2) is 4.39 Å². The largest absolute Gasteiger partial charge is 0.389 e. The molecule has 0 saturated heterocycles. The van der Waals surface area contributed by atoms with Crippen LogP contribution in [-0.4, -0.2) is 16.6 Å². The van der Waals surface area contributed by atoms with Crippen molar-refractivity contribution < 1.29 is 14.3 Å². The van der Waals surface area contributed by atoms with Crippen molar-refractivity contribution in [3.8, 4) is 0 Å². The molecule has 4 heteroatoms. The number of hydrogen-bond acceptors (Lipinski definition) is 2. The molecule has 19 heavy (non-hydrogen) atoms. The highest BCUT2D eigenvalue weighted by Crippen LogP contribution is 2.30. The Morgan fingerprint density at radius 2 is 1.84 bits per heavy atom. The van der Waals surface area contributed by atoms with Gasteiger partial charge in [-0.2, -0.15) is 0 Å². The van der Waals surface area contributed by atoms with Crippen LogP contribution in [0.3, 0.4) is 0 Å². The van der Waals surface area contributed by atoms with Gasteiger partial charge in [-0.15, -0.1) is 0 Å². The van der Waals surface area contributed by atoms with E-state index in [4.69, 9.17) is 0 Å². The van der Waals surface area contributed by atoms with Crippen LogP contribution >= 0.6 is 0 Å². The van der Waals surface area contributed by atoms with Crippen LogP contribution < -0.4 is 5.32 Å². The van der Waals surface area contributed by atoms with Gasteiger partial charge in [0.25, 0.3) is 0 Å². The van der Waals surface area contributed by atoms with Crippen molar-refractivity contribution in [1.29, 1.82) is 0 Å². The van der Waals surface area contributed by atoms with E-state index in [9.17, 15) is 14.3 Å². The van der Waals surface area contributed by atoms with E-state index in [-0.39, 0.29) is 18.1 Å². The molecule has 2 rings (SSSR count). The molecule has 104 valence electrons. The summed E-state index contributed by atoms with van der Waals surface area (Å²) in [5, 5.41) is 13.0. The summed E-state index contributed by atoms with van der Waals surface area (Å²) in [6.07, 6.45) is 4.69. The second kappa shape index (κ2) is 6.15. The van der Waals surface area contributed by atoms with Crippen molar-refractivity contribution in [3.05, 3.63) is 35.6 Å². The van der Waals surface area contributed by atoms with Crippen molar-refractivity contribution in [2.75, 3.05) is 0 Å². The second-order valence-electron chi connectivity index (χ2n) is 5.36. The molecule has 1 aromatic rings. The van der Waals surface area contributed by atoms with Crippen molar-refractivity contribution >= 4 is 5.91 Å². The molecule has 3 nitrogen and oxygen atoms in total. The van der Waals surface area contributed by atoms with Crippen LogP contribution in [0.4, 0.5) is 4.39 Å². The Hall–Kier alpha value is -1.42. The molecule has 0 aromatic heterocycles. The molecule has 0 radical (unpaired) electrons. The van der Waals surface area contributed by atoms with Crippen molar-refractivity contribution in [1.82, 2.24) is 5.32 Å². The number of benzene rings is 1. The molecule has 1 aliphatic rings. The third kappa shape index (κ3) is 4.31. The standard InChI is InChI=1S/C15H20FNO2/c16-13-6-4-12(5-7-13)11-17-14(18)10-15(19)8-2-1-3-9-15/h4-7,19H,1-3,8-11H2,(H,17,18). The van der Waals surface area contributed by atoms with Crippen LogP contribution in [0.5, 0.6) is 0 Å². The number of hydrogen-bond donors (Lipinski definition) is 2. The summed E-state index contributed by atoms with van der Waals surface area (Å²) < 4.78 is 12.7. The lowest BCUT2D eigenvalue weighted by Crippen LogP contribution is -2.38. The molecule has 0 spiro atoms. The van der Waals surface area contributed by atoms with Crippen molar-refractivity contribution in [2.45, 2.75) is 50.7 Å². The average molecular weight is 265 g/mol. The van der Waals surface area contributed by atoms with Gasteiger partial charge in [-0.1, -0.05) is 31.4 Å². The first kappa shape index (κ1) is 14.0. The predicted octanol–water partition coefficient (Wildman–Crippen LogP) is 2.53. The fraction of sp³-hybridized carbons (Fsp3) is 0.533. The second-order valence-corrected chi connectivity index (χ2v) is 5.36. The summed E-state index contributed by atoms with van der Waals surface area (Å²) in [4.78, 5) is 11.8. The fourth-order valence-corrected chi connectivity index (χ4v) is 2.55. The van der Waals surface area contributed by atoms with E-state index in [1.165, 1.54) is 12.1 Å². The molecule has 0 unspecified atom stereocenters. The van der Waals surface area contributed by atoms with E-state index >= 15 is 0 Å². The van der Waals surface area contributed by atoms with Crippen LogP contribution in [0, 0.1) is 5.82 Å². The Balaban J connectivity index is 1.79. The van der Waals surface area contributed by atoms with Crippen LogP contribution in [0.2, 0.25) is 0 Å². The van der Waals surface area contributed by atoms with Gasteiger partial charge in [0.15, 0.2) is 0 Å². The quantitative estimate of drug-likeness (QED) is 0.879. The normalized spacial score (nSPS) is 18.0. The molecular weight excluding hydrogens is 245 g/mol. The van der Waals surface area contributed by atoms with Crippen molar-refractivity contribution in [2.24, 2.45) is 0 Å². The Kier molecular flexibility index (Phi) is 4.53. The van der Waals surface area contributed by atoms with Gasteiger partial charge in [0.2, 0.25) is 5.91 Å².